The highest BCUT2D eigenvalue weighted by atomic mass is 79.9. The SMILES string of the molecule is CNc1cc(Br)cnc1C#N. The van der Waals surface area contributed by atoms with Crippen LogP contribution in [0.15, 0.2) is 16.7 Å². The number of anilines is 1. The van der Waals surface area contributed by atoms with Crippen LogP contribution in [0.3, 0.4) is 0 Å². The monoisotopic (exact) mass is 211 g/mol. The van der Waals surface area contributed by atoms with Gasteiger partial charge in [0.15, 0.2) is 5.69 Å². The van der Waals surface area contributed by atoms with E-state index in [2.05, 4.69) is 26.2 Å². The van der Waals surface area contributed by atoms with E-state index in [9.17, 15) is 0 Å². The van der Waals surface area contributed by atoms with Crippen LogP contribution in [0, 0.1) is 11.3 Å². The first-order valence-corrected chi connectivity index (χ1v) is 3.80. The molecule has 0 spiro atoms. The Morgan fingerprint density at radius 2 is 2.45 bits per heavy atom. The Kier molecular flexibility index (Phi) is 2.44. The van der Waals surface area contributed by atoms with E-state index in [-0.39, 0.29) is 0 Å². The topological polar surface area (TPSA) is 48.7 Å². The molecule has 0 aliphatic rings. The zero-order chi connectivity index (χ0) is 8.27. The Balaban J connectivity index is 3.19. The average molecular weight is 212 g/mol. The van der Waals surface area contributed by atoms with Gasteiger partial charge in [-0.1, -0.05) is 0 Å². The van der Waals surface area contributed by atoms with Gasteiger partial charge in [-0.2, -0.15) is 5.26 Å². The molecule has 0 aromatic carbocycles. The van der Waals surface area contributed by atoms with Crippen LogP contribution in [-0.2, 0) is 0 Å². The molecule has 1 rings (SSSR count). The summed E-state index contributed by atoms with van der Waals surface area (Å²) < 4.78 is 0.862. The molecular weight excluding hydrogens is 206 g/mol. The third kappa shape index (κ3) is 1.69. The van der Waals surface area contributed by atoms with Crippen molar-refractivity contribution in [1.29, 1.82) is 5.26 Å². The van der Waals surface area contributed by atoms with Crippen LogP contribution in [0.25, 0.3) is 0 Å². The molecule has 0 saturated carbocycles. The lowest BCUT2D eigenvalue weighted by atomic mass is 10.3. The van der Waals surface area contributed by atoms with Gasteiger partial charge in [0.2, 0.25) is 0 Å². The fraction of sp³-hybridized carbons (Fsp3) is 0.143. The summed E-state index contributed by atoms with van der Waals surface area (Å²) in [7, 11) is 1.75. The van der Waals surface area contributed by atoms with Crippen molar-refractivity contribution in [2.75, 3.05) is 12.4 Å². The number of pyridine rings is 1. The van der Waals surface area contributed by atoms with Gasteiger partial charge in [-0.3, -0.25) is 0 Å². The Labute approximate surface area is 73.2 Å². The largest absolute Gasteiger partial charge is 0.386 e. The van der Waals surface area contributed by atoms with Crippen LogP contribution >= 0.6 is 15.9 Å². The lowest BCUT2D eigenvalue weighted by Gasteiger charge is -2.00. The molecule has 3 nitrogen and oxygen atoms in total. The smallest absolute Gasteiger partial charge is 0.163 e. The van der Waals surface area contributed by atoms with Crippen LogP contribution in [-0.4, -0.2) is 12.0 Å². The minimum atomic E-state index is 0.413. The molecule has 1 heterocycles. The number of nitrogens with one attached hydrogen (secondary N) is 1. The van der Waals surface area contributed by atoms with E-state index in [1.807, 2.05) is 12.1 Å². The molecule has 0 fully saturated rings. The van der Waals surface area contributed by atoms with Gasteiger partial charge in [-0.25, -0.2) is 4.98 Å². The Morgan fingerprint density at radius 3 is 3.00 bits per heavy atom. The molecule has 0 radical (unpaired) electrons. The second kappa shape index (κ2) is 3.35. The van der Waals surface area contributed by atoms with E-state index >= 15 is 0 Å². The maximum atomic E-state index is 8.57. The van der Waals surface area contributed by atoms with Gasteiger partial charge in [0.1, 0.15) is 6.07 Å². The first-order valence-electron chi connectivity index (χ1n) is 3.01. The zero-order valence-corrected chi connectivity index (χ0v) is 7.51. The van der Waals surface area contributed by atoms with E-state index < -0.39 is 0 Å². The van der Waals surface area contributed by atoms with E-state index in [0.29, 0.717) is 5.69 Å². The molecule has 4 heteroatoms. The summed E-state index contributed by atoms with van der Waals surface area (Å²) in [6, 6.07) is 3.79. The highest BCUT2D eigenvalue weighted by molar-refractivity contribution is 9.10. The highest BCUT2D eigenvalue weighted by Crippen LogP contribution is 2.17. The molecule has 0 saturated heterocycles. The maximum Gasteiger partial charge on any atom is 0.163 e. The van der Waals surface area contributed by atoms with Crippen molar-refractivity contribution in [2.45, 2.75) is 0 Å². The molecule has 11 heavy (non-hydrogen) atoms. The molecule has 0 amide bonds. The van der Waals surface area contributed by atoms with E-state index in [4.69, 9.17) is 5.26 Å². The Hall–Kier alpha value is -1.08. The van der Waals surface area contributed by atoms with Crippen LogP contribution < -0.4 is 5.32 Å². The Morgan fingerprint density at radius 1 is 1.73 bits per heavy atom. The summed E-state index contributed by atoms with van der Waals surface area (Å²) in [6.07, 6.45) is 1.60. The van der Waals surface area contributed by atoms with Gasteiger partial charge in [0.05, 0.1) is 5.69 Å². The normalized spacial score (nSPS) is 8.82. The quantitative estimate of drug-likeness (QED) is 0.771. The molecule has 0 unspecified atom stereocenters. The van der Waals surface area contributed by atoms with E-state index in [1.165, 1.54) is 0 Å². The standard InChI is InChI=1S/C7H6BrN3/c1-10-6-2-5(8)4-11-7(6)3-9/h2,4,10H,1H3. The van der Waals surface area contributed by atoms with Crippen molar-refractivity contribution in [3.05, 3.63) is 22.4 Å². The van der Waals surface area contributed by atoms with Crippen molar-refractivity contribution < 1.29 is 0 Å². The number of hydrogen-bond acceptors (Lipinski definition) is 3. The summed E-state index contributed by atoms with van der Waals surface area (Å²) in [5.74, 6) is 0. The third-order valence-corrected chi connectivity index (χ3v) is 1.66. The van der Waals surface area contributed by atoms with Gasteiger partial charge in [-0.05, 0) is 22.0 Å². The van der Waals surface area contributed by atoms with Crippen molar-refractivity contribution in [1.82, 2.24) is 4.98 Å². The first-order chi connectivity index (χ1) is 5.27. The molecule has 1 aromatic rings. The molecule has 1 N–H and O–H groups in total. The number of hydrogen-bond donors (Lipinski definition) is 1. The zero-order valence-electron chi connectivity index (χ0n) is 5.93. The molecule has 0 atom stereocenters. The second-order valence-electron chi connectivity index (χ2n) is 1.91. The molecule has 0 aliphatic carbocycles. The van der Waals surface area contributed by atoms with Gasteiger partial charge in [0, 0.05) is 17.7 Å². The average Bonchev–Trinajstić information content (AvgIpc) is 2.04. The van der Waals surface area contributed by atoms with Crippen LogP contribution in [0.4, 0.5) is 5.69 Å². The van der Waals surface area contributed by atoms with Crippen LogP contribution in [0.1, 0.15) is 5.69 Å². The summed E-state index contributed by atoms with van der Waals surface area (Å²) in [5.41, 5.74) is 1.15. The Bertz CT molecular complexity index is 303. The minimum absolute atomic E-state index is 0.413. The number of nitriles is 1. The molecule has 0 aliphatic heterocycles. The molecule has 1 aromatic heterocycles. The summed E-state index contributed by atoms with van der Waals surface area (Å²) in [6.45, 7) is 0. The number of rotatable bonds is 1. The number of halogens is 1. The van der Waals surface area contributed by atoms with Gasteiger partial charge < -0.3 is 5.32 Å². The predicted molar refractivity (Wildman–Crippen MR) is 46.2 cm³/mol. The highest BCUT2D eigenvalue weighted by Gasteiger charge is 2.00. The minimum Gasteiger partial charge on any atom is -0.386 e. The van der Waals surface area contributed by atoms with Crippen molar-refractivity contribution in [3.8, 4) is 6.07 Å². The molecular formula is C7H6BrN3. The summed E-state index contributed by atoms with van der Waals surface area (Å²) in [4.78, 5) is 3.90. The van der Waals surface area contributed by atoms with Gasteiger partial charge in [0.25, 0.3) is 0 Å². The summed E-state index contributed by atoms with van der Waals surface area (Å²) in [5, 5.41) is 11.4. The van der Waals surface area contributed by atoms with E-state index in [0.717, 1.165) is 10.2 Å². The molecule has 56 valence electrons. The lowest BCUT2D eigenvalue weighted by Crippen LogP contribution is -1.94. The number of aromatic nitrogens is 1. The predicted octanol–water partition coefficient (Wildman–Crippen LogP) is 1.76. The second-order valence-corrected chi connectivity index (χ2v) is 2.83. The third-order valence-electron chi connectivity index (χ3n) is 1.23. The van der Waals surface area contributed by atoms with Gasteiger partial charge in [-0.15, -0.1) is 0 Å². The van der Waals surface area contributed by atoms with Crippen molar-refractivity contribution in [2.24, 2.45) is 0 Å². The first kappa shape index (κ1) is 8.02. The van der Waals surface area contributed by atoms with Crippen molar-refractivity contribution in [3.63, 3.8) is 0 Å². The summed E-state index contributed by atoms with van der Waals surface area (Å²) >= 11 is 3.25. The van der Waals surface area contributed by atoms with Crippen molar-refractivity contribution >= 4 is 21.6 Å². The van der Waals surface area contributed by atoms with Crippen LogP contribution in [0.2, 0.25) is 0 Å². The fourth-order valence-corrected chi connectivity index (χ4v) is 1.05. The molecule has 0 bridgehead atoms. The van der Waals surface area contributed by atoms with Crippen LogP contribution in [0.5, 0.6) is 0 Å². The van der Waals surface area contributed by atoms with Gasteiger partial charge >= 0.3 is 0 Å². The fourth-order valence-electron chi connectivity index (χ4n) is 0.719. The number of nitrogens with zero attached hydrogens (tertiary/aromatic N) is 2. The maximum absolute atomic E-state index is 8.57. The lowest BCUT2D eigenvalue weighted by molar-refractivity contribution is 1.24. The van der Waals surface area contributed by atoms with E-state index in [1.54, 1.807) is 13.2 Å².